The van der Waals surface area contributed by atoms with E-state index in [2.05, 4.69) is 40.3 Å². The molecular formula is C24H20Cl2N4. The number of rotatable bonds is 4. The van der Waals surface area contributed by atoms with Gasteiger partial charge in [-0.2, -0.15) is 0 Å². The summed E-state index contributed by atoms with van der Waals surface area (Å²) in [6, 6.07) is 12.5. The van der Waals surface area contributed by atoms with Gasteiger partial charge in [0, 0.05) is 33.8 Å². The molecule has 0 unspecified atom stereocenters. The molecule has 0 atom stereocenters. The van der Waals surface area contributed by atoms with Crippen molar-refractivity contribution in [3.63, 3.8) is 0 Å². The number of halogens is 2. The molecular weight excluding hydrogens is 415 g/mol. The molecule has 2 N–H and O–H groups in total. The molecule has 0 saturated heterocycles. The molecule has 5 heterocycles. The summed E-state index contributed by atoms with van der Waals surface area (Å²) >= 11 is 12.1. The van der Waals surface area contributed by atoms with Crippen LogP contribution in [0.5, 0.6) is 0 Å². The Morgan fingerprint density at radius 1 is 0.567 bits per heavy atom. The third kappa shape index (κ3) is 3.93. The molecule has 0 fully saturated rings. The molecule has 2 aliphatic heterocycles. The van der Waals surface area contributed by atoms with E-state index in [1.54, 1.807) is 0 Å². The Morgan fingerprint density at radius 2 is 1.03 bits per heavy atom. The Labute approximate surface area is 184 Å². The first-order chi connectivity index (χ1) is 14.7. The maximum atomic E-state index is 6.05. The van der Waals surface area contributed by atoms with Gasteiger partial charge in [-0.3, -0.25) is 0 Å². The van der Waals surface area contributed by atoms with Crippen molar-refractivity contribution in [1.82, 2.24) is 19.9 Å². The summed E-state index contributed by atoms with van der Waals surface area (Å²) < 4.78 is 0. The molecule has 150 valence electrons. The van der Waals surface area contributed by atoms with Gasteiger partial charge in [0.05, 0.1) is 22.8 Å². The molecule has 0 spiro atoms. The second kappa shape index (κ2) is 8.13. The number of nitrogens with one attached hydrogen (secondary N) is 2. The number of fused-ring (bicyclic) bond motifs is 8. The standard InChI is InChI=1S/C24H20Cl2N4/c25-7-5-15-9-21-12-19-2-1-17(27-19)11-18-3-4-20(28-18)13-23-16(6-8-26)10-22(30-23)14-24(15)29-21/h1-4,9-14,29-30H,5-8H2. The van der Waals surface area contributed by atoms with Gasteiger partial charge in [0.15, 0.2) is 0 Å². The van der Waals surface area contributed by atoms with Gasteiger partial charge in [-0.15, -0.1) is 23.2 Å². The van der Waals surface area contributed by atoms with Gasteiger partial charge in [-0.25, -0.2) is 9.97 Å². The first kappa shape index (κ1) is 19.2. The summed E-state index contributed by atoms with van der Waals surface area (Å²) in [7, 11) is 0. The minimum Gasteiger partial charge on any atom is -0.355 e. The van der Waals surface area contributed by atoms with Gasteiger partial charge < -0.3 is 9.97 Å². The van der Waals surface area contributed by atoms with Crippen LogP contribution in [-0.4, -0.2) is 31.7 Å². The minimum atomic E-state index is 0.565. The second-order valence-corrected chi connectivity index (χ2v) is 8.13. The lowest BCUT2D eigenvalue weighted by Gasteiger charge is -1.92. The summed E-state index contributed by atoms with van der Waals surface area (Å²) in [5.74, 6) is 1.13. The van der Waals surface area contributed by atoms with E-state index < -0.39 is 0 Å². The fourth-order valence-corrected chi connectivity index (χ4v) is 4.24. The third-order valence-corrected chi connectivity index (χ3v) is 5.57. The highest BCUT2D eigenvalue weighted by Crippen LogP contribution is 2.22. The largest absolute Gasteiger partial charge is 0.355 e. The number of aromatic nitrogens is 4. The average Bonchev–Trinajstić information content (AvgIpc) is 3.48. The predicted octanol–water partition coefficient (Wildman–Crippen LogP) is 6.22. The van der Waals surface area contributed by atoms with Crippen LogP contribution in [0.3, 0.4) is 0 Å². The maximum Gasteiger partial charge on any atom is 0.0659 e. The normalized spacial score (nSPS) is 12.6. The molecule has 3 aromatic rings. The summed E-state index contributed by atoms with van der Waals surface area (Å²) in [5, 5.41) is 0. The zero-order valence-corrected chi connectivity index (χ0v) is 17.8. The smallest absolute Gasteiger partial charge is 0.0659 e. The highest BCUT2D eigenvalue weighted by molar-refractivity contribution is 6.18. The maximum absolute atomic E-state index is 6.05. The van der Waals surface area contributed by atoms with Crippen LogP contribution in [0.4, 0.5) is 0 Å². The molecule has 0 radical (unpaired) electrons. The molecule has 30 heavy (non-hydrogen) atoms. The highest BCUT2D eigenvalue weighted by Gasteiger charge is 2.06. The molecule has 8 bridgehead atoms. The van der Waals surface area contributed by atoms with Crippen molar-refractivity contribution in [2.45, 2.75) is 12.8 Å². The zero-order valence-electron chi connectivity index (χ0n) is 16.3. The fourth-order valence-electron chi connectivity index (χ4n) is 3.83. The van der Waals surface area contributed by atoms with Crippen LogP contribution in [0.2, 0.25) is 0 Å². The van der Waals surface area contributed by atoms with E-state index in [0.29, 0.717) is 11.8 Å². The SMILES string of the molecule is ClCCc1cc2cc3[nH]c(cc4nc(cc5nc(cc1[nH]2)C=C5)C=C4)cc3CCCl. The molecule has 0 aliphatic carbocycles. The van der Waals surface area contributed by atoms with Crippen LogP contribution in [0.15, 0.2) is 36.4 Å². The highest BCUT2D eigenvalue weighted by atomic mass is 35.5. The van der Waals surface area contributed by atoms with Gasteiger partial charge in [0.2, 0.25) is 0 Å². The molecule has 3 aromatic heterocycles. The number of H-pyrrole nitrogens is 2. The van der Waals surface area contributed by atoms with E-state index in [4.69, 9.17) is 33.2 Å². The van der Waals surface area contributed by atoms with E-state index in [9.17, 15) is 0 Å². The first-order valence-electron chi connectivity index (χ1n) is 9.92. The third-order valence-electron chi connectivity index (χ3n) is 5.19. The lowest BCUT2D eigenvalue weighted by atomic mass is 10.2. The summed E-state index contributed by atoms with van der Waals surface area (Å²) in [4.78, 5) is 16.4. The zero-order chi connectivity index (χ0) is 20.5. The van der Waals surface area contributed by atoms with Crippen molar-refractivity contribution in [2.24, 2.45) is 0 Å². The van der Waals surface area contributed by atoms with Crippen LogP contribution in [0, 0.1) is 0 Å². The molecule has 5 rings (SSSR count). The Morgan fingerprint density at radius 3 is 1.60 bits per heavy atom. The van der Waals surface area contributed by atoms with E-state index in [0.717, 1.165) is 57.7 Å². The van der Waals surface area contributed by atoms with Crippen LogP contribution in [0.1, 0.15) is 33.9 Å². The van der Waals surface area contributed by atoms with E-state index >= 15 is 0 Å². The lowest BCUT2D eigenvalue weighted by Crippen LogP contribution is -1.83. The number of nitrogens with zero attached hydrogens (tertiary/aromatic N) is 2. The number of alkyl halides is 2. The Bertz CT molecular complexity index is 1330. The Hall–Kier alpha value is -2.82. The average molecular weight is 435 g/mol. The van der Waals surface area contributed by atoms with Crippen molar-refractivity contribution >= 4 is 69.6 Å². The summed E-state index contributed by atoms with van der Waals surface area (Å²) in [5.41, 5.74) is 10.0. The van der Waals surface area contributed by atoms with Gasteiger partial charge in [-0.1, -0.05) is 0 Å². The van der Waals surface area contributed by atoms with Crippen molar-refractivity contribution < 1.29 is 0 Å². The van der Waals surface area contributed by atoms with Crippen LogP contribution >= 0.6 is 23.2 Å². The summed E-state index contributed by atoms with van der Waals surface area (Å²) in [6.07, 6.45) is 9.63. The molecule has 0 aromatic carbocycles. The molecule has 4 nitrogen and oxygen atoms in total. The quantitative estimate of drug-likeness (QED) is 0.330. The number of aromatic amines is 2. The molecule has 6 heteroatoms. The van der Waals surface area contributed by atoms with Crippen LogP contribution < -0.4 is 0 Å². The predicted molar refractivity (Wildman–Crippen MR) is 128 cm³/mol. The van der Waals surface area contributed by atoms with Crippen molar-refractivity contribution in [1.29, 1.82) is 0 Å². The number of aryl methyl sites for hydroxylation is 2. The summed E-state index contributed by atoms with van der Waals surface area (Å²) in [6.45, 7) is 0. The molecule has 0 amide bonds. The number of hydrogen-bond acceptors (Lipinski definition) is 2. The fraction of sp³-hybridized carbons (Fsp3) is 0.167. The van der Waals surface area contributed by atoms with E-state index in [1.165, 1.54) is 11.1 Å². The Balaban J connectivity index is 1.84. The monoisotopic (exact) mass is 434 g/mol. The first-order valence-corrected chi connectivity index (χ1v) is 11.0. The Kier molecular flexibility index (Phi) is 5.19. The molecule has 2 aliphatic rings. The minimum absolute atomic E-state index is 0.565. The van der Waals surface area contributed by atoms with Crippen molar-refractivity contribution in [2.75, 3.05) is 11.8 Å². The van der Waals surface area contributed by atoms with Gasteiger partial charge >= 0.3 is 0 Å². The lowest BCUT2D eigenvalue weighted by molar-refractivity contribution is 1.17. The van der Waals surface area contributed by atoms with E-state index in [-0.39, 0.29) is 0 Å². The van der Waals surface area contributed by atoms with E-state index in [1.807, 2.05) is 30.4 Å². The van der Waals surface area contributed by atoms with Crippen LogP contribution in [-0.2, 0) is 12.8 Å². The number of hydrogen-bond donors (Lipinski definition) is 2. The van der Waals surface area contributed by atoms with Gasteiger partial charge in [-0.05, 0) is 84.7 Å². The van der Waals surface area contributed by atoms with Crippen LogP contribution in [0.25, 0.3) is 46.4 Å². The topological polar surface area (TPSA) is 57.4 Å². The molecule has 0 saturated carbocycles. The van der Waals surface area contributed by atoms with Crippen molar-refractivity contribution in [3.8, 4) is 0 Å². The van der Waals surface area contributed by atoms with Gasteiger partial charge in [0.1, 0.15) is 0 Å². The van der Waals surface area contributed by atoms with Gasteiger partial charge in [0.25, 0.3) is 0 Å². The van der Waals surface area contributed by atoms with Crippen molar-refractivity contribution in [3.05, 3.63) is 70.3 Å². The second-order valence-electron chi connectivity index (χ2n) is 7.37.